The van der Waals surface area contributed by atoms with Crippen molar-refractivity contribution in [2.24, 2.45) is 11.8 Å². The van der Waals surface area contributed by atoms with Gasteiger partial charge in [0.15, 0.2) is 0 Å². The Kier molecular flexibility index (Phi) is 3.84. The second kappa shape index (κ2) is 6.56. The Labute approximate surface area is 168 Å². The highest BCUT2D eigenvalue weighted by atomic mass is 16.5. The molecule has 1 N–H and O–H groups in total. The fourth-order valence-corrected chi connectivity index (χ4v) is 4.72. The van der Waals surface area contributed by atoms with Crippen molar-refractivity contribution in [3.63, 3.8) is 0 Å². The van der Waals surface area contributed by atoms with Gasteiger partial charge in [0.25, 0.3) is 0 Å². The molecule has 4 heterocycles. The summed E-state index contributed by atoms with van der Waals surface area (Å²) in [4.78, 5) is 9.65. The van der Waals surface area contributed by atoms with Crippen molar-refractivity contribution >= 4 is 17.0 Å². The maximum absolute atomic E-state index is 5.75. The molecule has 3 aromatic rings. The molecule has 6 rings (SSSR count). The molecular formula is C22H23N5O2. The highest BCUT2D eigenvalue weighted by Gasteiger charge is 2.54. The predicted molar refractivity (Wildman–Crippen MR) is 109 cm³/mol. The lowest BCUT2D eigenvalue weighted by molar-refractivity contribution is 0.162. The zero-order valence-corrected chi connectivity index (χ0v) is 16.3. The molecule has 0 radical (unpaired) electrons. The van der Waals surface area contributed by atoms with Gasteiger partial charge in [-0.1, -0.05) is 6.08 Å². The van der Waals surface area contributed by atoms with Crippen molar-refractivity contribution in [3.8, 4) is 5.88 Å². The third-order valence-electron chi connectivity index (χ3n) is 6.34. The molecule has 7 nitrogen and oxygen atoms in total. The summed E-state index contributed by atoms with van der Waals surface area (Å²) in [5.74, 6) is 2.51. The second-order valence-electron chi connectivity index (χ2n) is 8.04. The van der Waals surface area contributed by atoms with E-state index >= 15 is 0 Å². The number of hydrogen-bond donors (Lipinski definition) is 1. The van der Waals surface area contributed by atoms with Crippen LogP contribution in [0.15, 0.2) is 36.7 Å². The Balaban J connectivity index is 1.40. The minimum Gasteiger partial charge on any atom is -0.480 e. The number of nitrogens with zero attached hydrogens (tertiary/aromatic N) is 4. The maximum Gasteiger partial charge on any atom is 0.226 e. The highest BCUT2D eigenvalue weighted by Crippen LogP contribution is 2.46. The second-order valence-corrected chi connectivity index (χ2v) is 8.04. The normalized spacial score (nSPS) is 25.1. The third-order valence-corrected chi connectivity index (χ3v) is 6.34. The van der Waals surface area contributed by atoms with Gasteiger partial charge in [-0.25, -0.2) is 9.50 Å². The van der Waals surface area contributed by atoms with Crippen LogP contribution in [0, 0.1) is 11.8 Å². The number of allylic oxidation sites excluding steroid dienone is 1. The van der Waals surface area contributed by atoms with E-state index in [1.54, 1.807) is 7.11 Å². The van der Waals surface area contributed by atoms with Crippen molar-refractivity contribution in [3.05, 3.63) is 53.5 Å². The molecule has 3 aromatic heterocycles. The van der Waals surface area contributed by atoms with E-state index in [1.807, 2.05) is 23.0 Å². The summed E-state index contributed by atoms with van der Waals surface area (Å²) in [6.07, 6.45) is 9.08. The number of aromatic nitrogens is 4. The van der Waals surface area contributed by atoms with Crippen LogP contribution in [0.2, 0.25) is 0 Å². The van der Waals surface area contributed by atoms with Crippen LogP contribution in [0.3, 0.4) is 0 Å². The molecule has 0 spiro atoms. The van der Waals surface area contributed by atoms with Gasteiger partial charge in [-0.05, 0) is 48.6 Å². The number of aryl methyl sites for hydroxylation is 1. The van der Waals surface area contributed by atoms with Crippen LogP contribution in [0.1, 0.15) is 29.7 Å². The lowest BCUT2D eigenvalue weighted by Gasteiger charge is -2.17. The summed E-state index contributed by atoms with van der Waals surface area (Å²) in [6, 6.07) is 6.69. The molecule has 7 heteroatoms. The van der Waals surface area contributed by atoms with Crippen LogP contribution in [-0.4, -0.2) is 45.9 Å². The average Bonchev–Trinajstić information content (AvgIpc) is 3.08. The van der Waals surface area contributed by atoms with E-state index in [2.05, 4.69) is 28.6 Å². The Hall–Kier alpha value is -2.93. The van der Waals surface area contributed by atoms with Gasteiger partial charge >= 0.3 is 0 Å². The molecular weight excluding hydrogens is 366 g/mol. The molecule has 2 fully saturated rings. The van der Waals surface area contributed by atoms with Gasteiger partial charge < -0.3 is 14.8 Å². The molecule has 0 bridgehead atoms. The zero-order valence-electron chi connectivity index (χ0n) is 16.3. The van der Waals surface area contributed by atoms with Crippen LogP contribution in [0.5, 0.6) is 5.88 Å². The lowest BCUT2D eigenvalue weighted by atomic mass is 9.97. The minimum absolute atomic E-state index is 0.427. The van der Waals surface area contributed by atoms with Crippen LogP contribution in [-0.2, 0) is 11.2 Å². The number of ether oxygens (including phenoxy) is 2. The first kappa shape index (κ1) is 17.0. The van der Waals surface area contributed by atoms with Crippen LogP contribution >= 0.6 is 0 Å². The van der Waals surface area contributed by atoms with Crippen molar-refractivity contribution in [1.29, 1.82) is 0 Å². The standard InChI is InChI=1S/C22H23N5O2/c1-28-21-19-15(13-7-9-27-14(10-13)6-8-23-27)4-2-3-5-18(19)24-22(26-21)25-20-16-11-29-12-17(16)20/h4,6-10,16-17,20H,2-3,5,11-12H2,1H3,(H,24,25,26)/t16-,17+,20-. The molecule has 29 heavy (non-hydrogen) atoms. The summed E-state index contributed by atoms with van der Waals surface area (Å²) in [5.41, 5.74) is 5.41. The van der Waals surface area contributed by atoms with Gasteiger partial charge in [-0.3, -0.25) is 0 Å². The van der Waals surface area contributed by atoms with Gasteiger partial charge in [0.05, 0.1) is 37.1 Å². The Morgan fingerprint density at radius 1 is 1.21 bits per heavy atom. The number of hydrogen-bond acceptors (Lipinski definition) is 6. The zero-order chi connectivity index (χ0) is 19.4. The topological polar surface area (TPSA) is 73.6 Å². The Morgan fingerprint density at radius 3 is 2.97 bits per heavy atom. The molecule has 1 aliphatic heterocycles. The van der Waals surface area contributed by atoms with Gasteiger partial charge in [0.2, 0.25) is 11.8 Å². The van der Waals surface area contributed by atoms with Crippen LogP contribution < -0.4 is 10.1 Å². The lowest BCUT2D eigenvalue weighted by Crippen LogP contribution is -2.16. The number of pyridine rings is 1. The first-order chi connectivity index (χ1) is 14.3. The monoisotopic (exact) mass is 389 g/mol. The van der Waals surface area contributed by atoms with E-state index < -0.39 is 0 Å². The highest BCUT2D eigenvalue weighted by molar-refractivity contribution is 5.85. The van der Waals surface area contributed by atoms with E-state index in [0.29, 0.717) is 29.7 Å². The molecule has 3 atom stereocenters. The summed E-state index contributed by atoms with van der Waals surface area (Å²) in [5, 5.41) is 7.83. The van der Waals surface area contributed by atoms with Gasteiger partial charge in [-0.15, -0.1) is 0 Å². The first-order valence-corrected chi connectivity index (χ1v) is 10.3. The number of anilines is 1. The van der Waals surface area contributed by atoms with Crippen molar-refractivity contribution in [2.75, 3.05) is 25.6 Å². The molecule has 2 aliphatic carbocycles. The third kappa shape index (κ3) is 2.80. The fraction of sp³-hybridized carbons (Fsp3) is 0.409. The van der Waals surface area contributed by atoms with Crippen molar-refractivity contribution < 1.29 is 9.47 Å². The smallest absolute Gasteiger partial charge is 0.226 e. The summed E-state index contributed by atoms with van der Waals surface area (Å²) >= 11 is 0. The first-order valence-electron chi connectivity index (χ1n) is 10.3. The van der Waals surface area contributed by atoms with Crippen molar-refractivity contribution in [1.82, 2.24) is 19.6 Å². The fourth-order valence-electron chi connectivity index (χ4n) is 4.72. The van der Waals surface area contributed by atoms with Crippen LogP contribution in [0.4, 0.5) is 5.95 Å². The SMILES string of the molecule is COc1nc(N[C@@H]2[C@@H]3COC[C@@H]32)nc2c1C(c1ccn3nccc3c1)=CCCC2. The summed E-state index contributed by atoms with van der Waals surface area (Å²) < 4.78 is 13.1. The van der Waals surface area contributed by atoms with E-state index in [0.717, 1.165) is 60.4 Å². The number of fused-ring (bicyclic) bond motifs is 3. The molecule has 1 saturated heterocycles. The summed E-state index contributed by atoms with van der Waals surface area (Å²) in [6.45, 7) is 1.68. The van der Waals surface area contributed by atoms with E-state index in [4.69, 9.17) is 19.4 Å². The van der Waals surface area contributed by atoms with Gasteiger partial charge in [-0.2, -0.15) is 10.1 Å². The number of methoxy groups -OCH3 is 1. The molecule has 1 saturated carbocycles. The van der Waals surface area contributed by atoms with Gasteiger partial charge in [0, 0.05) is 30.3 Å². The van der Waals surface area contributed by atoms with Gasteiger partial charge in [0.1, 0.15) is 0 Å². The largest absolute Gasteiger partial charge is 0.480 e. The van der Waals surface area contributed by atoms with Crippen LogP contribution in [0.25, 0.3) is 11.1 Å². The molecule has 3 aliphatic rings. The Morgan fingerprint density at radius 2 is 2.10 bits per heavy atom. The molecule has 148 valence electrons. The summed E-state index contributed by atoms with van der Waals surface area (Å²) in [7, 11) is 1.69. The molecule has 0 unspecified atom stereocenters. The van der Waals surface area contributed by atoms with E-state index in [1.165, 1.54) is 0 Å². The van der Waals surface area contributed by atoms with Crippen molar-refractivity contribution in [2.45, 2.75) is 25.3 Å². The number of nitrogens with one attached hydrogen (secondary N) is 1. The van der Waals surface area contributed by atoms with E-state index in [9.17, 15) is 0 Å². The molecule has 0 amide bonds. The van der Waals surface area contributed by atoms with E-state index in [-0.39, 0.29) is 0 Å². The molecule has 0 aromatic carbocycles. The quantitative estimate of drug-likeness (QED) is 0.740. The minimum atomic E-state index is 0.427. The average molecular weight is 389 g/mol. The Bertz CT molecular complexity index is 1110. The number of rotatable bonds is 4. The predicted octanol–water partition coefficient (Wildman–Crippen LogP) is 2.96. The maximum atomic E-state index is 5.75.